The van der Waals surface area contributed by atoms with Crippen LogP contribution in [-0.2, 0) is 17.9 Å². The van der Waals surface area contributed by atoms with Gasteiger partial charge in [-0.3, -0.25) is 14.0 Å². The third-order valence-electron chi connectivity index (χ3n) is 10.5. The summed E-state index contributed by atoms with van der Waals surface area (Å²) >= 11 is 0. The van der Waals surface area contributed by atoms with Gasteiger partial charge in [-0.2, -0.15) is 19.9 Å². The van der Waals surface area contributed by atoms with Gasteiger partial charge >= 0.3 is 0 Å². The summed E-state index contributed by atoms with van der Waals surface area (Å²) < 4.78 is 30.9. The highest BCUT2D eigenvalue weighted by Gasteiger charge is 2.27. The molecule has 2 unspecified atom stereocenters. The van der Waals surface area contributed by atoms with Crippen molar-refractivity contribution in [2.24, 2.45) is 0 Å². The molecule has 326 valence electrons. The van der Waals surface area contributed by atoms with Gasteiger partial charge in [0.2, 0.25) is 25.5 Å². The Bertz CT molecular complexity index is 2330. The summed E-state index contributed by atoms with van der Waals surface area (Å²) in [5, 5.41) is 16.3. The lowest BCUT2D eigenvalue weighted by Gasteiger charge is -2.34. The first-order chi connectivity index (χ1) is 30.5. The number of aliphatic hydroxyl groups excluding tert-OH is 1. The summed E-state index contributed by atoms with van der Waals surface area (Å²) in [7, 11) is 0. The van der Waals surface area contributed by atoms with Crippen LogP contribution in [0.4, 0.5) is 0 Å². The smallest absolute Gasteiger partial charge is 0.238 e. The zero-order valence-corrected chi connectivity index (χ0v) is 35.1. The van der Waals surface area contributed by atoms with E-state index in [2.05, 4.69) is 56.5 Å². The van der Waals surface area contributed by atoms with Crippen molar-refractivity contribution in [1.29, 1.82) is 0 Å². The number of piperidine rings is 1. The average molecular weight is 848 g/mol. The number of rotatable bonds is 18. The summed E-state index contributed by atoms with van der Waals surface area (Å²) in [6, 6.07) is 12.0. The Hall–Kier alpha value is -6.12. The molecular formula is C43H53N13O6. The number of aromatic nitrogens is 10. The maximum atomic E-state index is 9.29. The van der Waals surface area contributed by atoms with Gasteiger partial charge in [0.1, 0.15) is 24.3 Å². The Kier molecular flexibility index (Phi) is 14.5. The van der Waals surface area contributed by atoms with E-state index in [1.807, 2.05) is 54.9 Å². The van der Waals surface area contributed by atoms with Gasteiger partial charge in [0.05, 0.1) is 25.3 Å². The number of hydrogen-bond acceptors (Lipinski definition) is 17. The molecule has 0 amide bonds. The molecule has 0 aliphatic carbocycles. The van der Waals surface area contributed by atoms with Crippen LogP contribution < -0.4 is 29.6 Å². The molecule has 9 rings (SSSR count). The standard InChI is InChI=1S/C22H27N7O2.C21H26N6O4/c1-16-25-21(27-22(26-16)29-11-8-24-14-29)18-4-2-3-9-28(18)10-7-23-13-17-5-6-19-20(12-17)31-15-30-19;1-15-24-20(26-21(25-15)27-8-6-22-13-27)17(3-2-9-28)23-7-10-29-12-16-4-5-18-19(11-16)31-14-30-18/h5-6,8,11-12,14,18,23H,2-4,7,9-10,13,15H2,1H3;4-6,8,11,13,17,23,28H,2-3,7,9-10,12,14H2,1H3. The number of ether oxygens (including phenoxy) is 5. The predicted molar refractivity (Wildman–Crippen MR) is 225 cm³/mol. The number of nitrogens with zero attached hydrogens (tertiary/aromatic N) is 11. The highest BCUT2D eigenvalue weighted by molar-refractivity contribution is 5.45. The molecule has 0 radical (unpaired) electrons. The van der Waals surface area contributed by atoms with E-state index in [9.17, 15) is 5.11 Å². The lowest BCUT2D eigenvalue weighted by atomic mass is 10.0. The van der Waals surface area contributed by atoms with Crippen molar-refractivity contribution >= 4 is 0 Å². The van der Waals surface area contributed by atoms with E-state index < -0.39 is 0 Å². The summed E-state index contributed by atoms with van der Waals surface area (Å²) in [5.41, 5.74) is 2.22. The summed E-state index contributed by atoms with van der Waals surface area (Å²) in [6.07, 6.45) is 15.2. The van der Waals surface area contributed by atoms with Gasteiger partial charge < -0.3 is 39.4 Å². The molecule has 0 spiro atoms. The van der Waals surface area contributed by atoms with Crippen LogP contribution >= 0.6 is 0 Å². The van der Waals surface area contributed by atoms with Crippen molar-refractivity contribution in [3.8, 4) is 34.9 Å². The first kappa shape index (κ1) is 42.6. The van der Waals surface area contributed by atoms with Crippen LogP contribution in [0.3, 0.4) is 0 Å². The van der Waals surface area contributed by atoms with E-state index in [4.69, 9.17) is 28.7 Å². The van der Waals surface area contributed by atoms with Crippen LogP contribution in [-0.4, -0.2) is 112 Å². The second kappa shape index (κ2) is 21.1. The van der Waals surface area contributed by atoms with Crippen molar-refractivity contribution in [3.63, 3.8) is 0 Å². The number of aliphatic hydroxyl groups is 1. The third-order valence-corrected chi connectivity index (χ3v) is 10.5. The number of nitrogens with one attached hydrogen (secondary N) is 2. The van der Waals surface area contributed by atoms with Crippen molar-refractivity contribution in [3.05, 3.63) is 108 Å². The number of aryl methyl sites for hydroxylation is 2. The molecule has 2 aromatic carbocycles. The molecule has 3 N–H and O–H groups in total. The molecule has 1 fully saturated rings. The van der Waals surface area contributed by atoms with Crippen molar-refractivity contribution in [1.82, 2.24) is 64.5 Å². The molecule has 1 saturated heterocycles. The van der Waals surface area contributed by atoms with Crippen molar-refractivity contribution in [2.75, 3.05) is 53.0 Å². The average Bonchev–Trinajstić information content (AvgIpc) is 4.15. The Morgan fingerprint density at radius 2 is 1.45 bits per heavy atom. The minimum absolute atomic E-state index is 0.108. The van der Waals surface area contributed by atoms with E-state index >= 15 is 0 Å². The maximum absolute atomic E-state index is 9.29. The zero-order valence-electron chi connectivity index (χ0n) is 35.1. The van der Waals surface area contributed by atoms with Crippen LogP contribution in [0.5, 0.6) is 23.0 Å². The molecule has 62 heavy (non-hydrogen) atoms. The topological polar surface area (TPSA) is 207 Å². The maximum Gasteiger partial charge on any atom is 0.238 e. The van der Waals surface area contributed by atoms with Gasteiger partial charge in [0.25, 0.3) is 0 Å². The fraction of sp³-hybridized carbons (Fsp3) is 0.442. The molecular weight excluding hydrogens is 795 g/mol. The second-order valence-corrected chi connectivity index (χ2v) is 15.0. The Morgan fingerprint density at radius 3 is 2.16 bits per heavy atom. The van der Waals surface area contributed by atoms with Gasteiger partial charge in [-0.1, -0.05) is 18.6 Å². The minimum atomic E-state index is -0.120. The first-order valence-corrected chi connectivity index (χ1v) is 21.0. The highest BCUT2D eigenvalue weighted by atomic mass is 16.7. The molecule has 2 atom stereocenters. The third kappa shape index (κ3) is 11.2. The van der Waals surface area contributed by atoms with Crippen molar-refractivity contribution < 1.29 is 28.8 Å². The summed E-state index contributed by atoms with van der Waals surface area (Å²) in [4.78, 5) is 38.1. The van der Waals surface area contributed by atoms with E-state index in [0.29, 0.717) is 62.9 Å². The normalized spacial score (nSPS) is 16.0. The molecule has 19 nitrogen and oxygen atoms in total. The number of fused-ring (bicyclic) bond motifs is 2. The zero-order chi connectivity index (χ0) is 42.5. The van der Waals surface area contributed by atoms with Crippen LogP contribution in [0.2, 0.25) is 0 Å². The van der Waals surface area contributed by atoms with Gasteiger partial charge in [-0.05, 0) is 81.5 Å². The molecule has 3 aliphatic heterocycles. The quantitative estimate of drug-likeness (QED) is 0.104. The summed E-state index contributed by atoms with van der Waals surface area (Å²) in [5.74, 6) is 7.18. The number of likely N-dealkylation sites (tertiary alicyclic amines) is 1. The van der Waals surface area contributed by atoms with Crippen LogP contribution in [0.25, 0.3) is 11.9 Å². The lowest BCUT2D eigenvalue weighted by Crippen LogP contribution is -2.39. The SMILES string of the molecule is Cc1nc(C(CCCO)NCCOCc2ccc3c(c2)OCO3)nc(-n2ccnc2)n1.Cc1nc(C2CCCCN2CCNCc2ccc3c(c2)OCO3)nc(-n2ccnc2)n1. The molecule has 7 heterocycles. The van der Waals surface area contributed by atoms with Gasteiger partial charge in [-0.15, -0.1) is 0 Å². The summed E-state index contributed by atoms with van der Waals surface area (Å²) in [6.45, 7) is 9.74. The minimum Gasteiger partial charge on any atom is -0.454 e. The number of benzene rings is 2. The Morgan fingerprint density at radius 1 is 0.774 bits per heavy atom. The Balaban J connectivity index is 0.000000171. The van der Waals surface area contributed by atoms with E-state index in [1.54, 1.807) is 35.8 Å². The fourth-order valence-electron chi connectivity index (χ4n) is 7.47. The Labute approximate surface area is 359 Å². The number of imidazole rings is 2. The largest absolute Gasteiger partial charge is 0.454 e. The van der Waals surface area contributed by atoms with E-state index in [0.717, 1.165) is 72.8 Å². The molecule has 19 heteroatoms. The molecule has 0 saturated carbocycles. The van der Waals surface area contributed by atoms with Crippen molar-refractivity contribution in [2.45, 2.75) is 71.2 Å². The van der Waals surface area contributed by atoms with Gasteiger partial charge in [0.15, 0.2) is 34.6 Å². The molecule has 0 bridgehead atoms. The van der Waals surface area contributed by atoms with Crippen LogP contribution in [0.15, 0.2) is 73.8 Å². The first-order valence-electron chi connectivity index (χ1n) is 21.0. The molecule has 3 aliphatic rings. The van der Waals surface area contributed by atoms with E-state index in [-0.39, 0.29) is 25.5 Å². The highest BCUT2D eigenvalue weighted by Crippen LogP contribution is 2.34. The molecule has 4 aromatic heterocycles. The van der Waals surface area contributed by atoms with Gasteiger partial charge in [-0.25, -0.2) is 19.9 Å². The monoisotopic (exact) mass is 847 g/mol. The van der Waals surface area contributed by atoms with Crippen LogP contribution in [0.1, 0.15) is 78.6 Å². The second-order valence-electron chi connectivity index (χ2n) is 15.0. The molecule has 6 aromatic rings. The van der Waals surface area contributed by atoms with E-state index in [1.165, 1.54) is 18.4 Å². The number of hydrogen-bond donors (Lipinski definition) is 3. The fourth-order valence-corrected chi connectivity index (χ4v) is 7.47. The predicted octanol–water partition coefficient (Wildman–Crippen LogP) is 4.13. The lowest BCUT2D eigenvalue weighted by molar-refractivity contribution is 0.119. The van der Waals surface area contributed by atoms with Gasteiger partial charge in [0, 0.05) is 57.6 Å². The van der Waals surface area contributed by atoms with Crippen LogP contribution in [0, 0.1) is 13.8 Å².